The Balaban J connectivity index is 2.99. The summed E-state index contributed by atoms with van der Waals surface area (Å²) >= 11 is 0. The van der Waals surface area contributed by atoms with Gasteiger partial charge in [-0.2, -0.15) is 0 Å². The number of amides is 1. The molecule has 0 aliphatic carbocycles. The standard InChI is InChI=1S/C15H22N2O5/c1-7-21-14(19)11-8(2)12(16-9(11)3)15(20)22-10(4)13(18)17(5)6/h10,16H,7H2,1-6H3/t10-/m0/s1. The van der Waals surface area contributed by atoms with E-state index in [1.54, 1.807) is 34.9 Å². The lowest BCUT2D eigenvalue weighted by atomic mass is 10.1. The van der Waals surface area contributed by atoms with Gasteiger partial charge in [-0.1, -0.05) is 0 Å². The molecule has 0 fully saturated rings. The van der Waals surface area contributed by atoms with E-state index in [9.17, 15) is 14.4 Å². The number of carbonyl (C=O) groups excluding carboxylic acids is 3. The predicted octanol–water partition coefficient (Wildman–Crippen LogP) is 1.44. The van der Waals surface area contributed by atoms with Crippen LogP contribution in [0.25, 0.3) is 0 Å². The zero-order valence-corrected chi connectivity index (χ0v) is 13.8. The summed E-state index contributed by atoms with van der Waals surface area (Å²) in [4.78, 5) is 40.0. The highest BCUT2D eigenvalue weighted by Crippen LogP contribution is 2.20. The van der Waals surface area contributed by atoms with Gasteiger partial charge in [-0.05, 0) is 33.3 Å². The smallest absolute Gasteiger partial charge is 0.355 e. The third kappa shape index (κ3) is 3.66. The summed E-state index contributed by atoms with van der Waals surface area (Å²) < 4.78 is 10.1. The number of ether oxygens (including phenoxy) is 2. The second-order valence-corrected chi connectivity index (χ2v) is 5.13. The zero-order valence-electron chi connectivity index (χ0n) is 13.8. The molecule has 0 saturated heterocycles. The van der Waals surface area contributed by atoms with E-state index in [1.807, 2.05) is 0 Å². The first-order valence-electron chi connectivity index (χ1n) is 6.99. The monoisotopic (exact) mass is 310 g/mol. The fourth-order valence-corrected chi connectivity index (χ4v) is 2.10. The summed E-state index contributed by atoms with van der Waals surface area (Å²) in [5.41, 5.74) is 1.44. The number of aromatic nitrogens is 1. The summed E-state index contributed by atoms with van der Waals surface area (Å²) in [5, 5.41) is 0. The minimum Gasteiger partial charge on any atom is -0.462 e. The predicted molar refractivity (Wildman–Crippen MR) is 79.8 cm³/mol. The van der Waals surface area contributed by atoms with Crippen LogP contribution in [-0.4, -0.2) is 54.5 Å². The molecule has 0 bridgehead atoms. The number of nitrogens with zero attached hydrogens (tertiary/aromatic N) is 1. The Kier molecular flexibility index (Phi) is 5.73. The van der Waals surface area contributed by atoms with Crippen molar-refractivity contribution in [3.8, 4) is 0 Å². The average Bonchev–Trinajstić information content (AvgIpc) is 2.73. The van der Waals surface area contributed by atoms with E-state index >= 15 is 0 Å². The largest absolute Gasteiger partial charge is 0.462 e. The Morgan fingerprint density at radius 3 is 2.27 bits per heavy atom. The van der Waals surface area contributed by atoms with Crippen LogP contribution in [0.5, 0.6) is 0 Å². The van der Waals surface area contributed by atoms with Gasteiger partial charge in [0.05, 0.1) is 12.2 Å². The van der Waals surface area contributed by atoms with Crippen LogP contribution in [0.15, 0.2) is 0 Å². The van der Waals surface area contributed by atoms with Crippen LogP contribution in [0.1, 0.15) is 46.0 Å². The van der Waals surface area contributed by atoms with Crippen molar-refractivity contribution in [1.82, 2.24) is 9.88 Å². The van der Waals surface area contributed by atoms with Crippen molar-refractivity contribution in [3.05, 3.63) is 22.5 Å². The summed E-state index contributed by atoms with van der Waals surface area (Å²) in [5.74, 6) is -1.50. The molecule has 1 atom stereocenters. The Labute approximate surface area is 129 Å². The van der Waals surface area contributed by atoms with E-state index in [0.717, 1.165) is 0 Å². The molecule has 0 spiro atoms. The fourth-order valence-electron chi connectivity index (χ4n) is 2.10. The van der Waals surface area contributed by atoms with Gasteiger partial charge in [0.15, 0.2) is 6.10 Å². The Hall–Kier alpha value is -2.31. The summed E-state index contributed by atoms with van der Waals surface area (Å²) in [6, 6.07) is 0. The van der Waals surface area contributed by atoms with Crippen LogP contribution in [0, 0.1) is 13.8 Å². The minimum atomic E-state index is -0.906. The number of nitrogens with one attached hydrogen (secondary N) is 1. The topological polar surface area (TPSA) is 88.7 Å². The Morgan fingerprint density at radius 2 is 1.77 bits per heavy atom. The lowest BCUT2D eigenvalue weighted by molar-refractivity contribution is -0.137. The van der Waals surface area contributed by atoms with Crippen molar-refractivity contribution < 1.29 is 23.9 Å². The average molecular weight is 310 g/mol. The van der Waals surface area contributed by atoms with Gasteiger partial charge in [0.2, 0.25) is 0 Å². The van der Waals surface area contributed by atoms with Gasteiger partial charge in [0, 0.05) is 19.8 Å². The molecule has 0 aliphatic rings. The second kappa shape index (κ2) is 7.11. The molecule has 0 aliphatic heterocycles. The maximum absolute atomic E-state index is 12.2. The number of likely N-dealkylation sites (N-methyl/N-ethyl adjacent to an activating group) is 1. The van der Waals surface area contributed by atoms with Crippen molar-refractivity contribution in [1.29, 1.82) is 0 Å². The number of esters is 2. The van der Waals surface area contributed by atoms with Gasteiger partial charge in [-0.3, -0.25) is 4.79 Å². The molecule has 22 heavy (non-hydrogen) atoms. The molecule has 1 amide bonds. The Bertz CT molecular complexity index is 589. The van der Waals surface area contributed by atoms with Crippen LogP contribution < -0.4 is 0 Å². The third-order valence-corrected chi connectivity index (χ3v) is 3.19. The first-order valence-corrected chi connectivity index (χ1v) is 6.99. The molecule has 1 aromatic rings. The molecule has 0 radical (unpaired) electrons. The highest BCUT2D eigenvalue weighted by Gasteiger charge is 2.26. The van der Waals surface area contributed by atoms with Crippen molar-refractivity contribution in [2.75, 3.05) is 20.7 Å². The number of H-pyrrole nitrogens is 1. The number of carbonyl (C=O) groups is 3. The van der Waals surface area contributed by atoms with Crippen molar-refractivity contribution in [2.45, 2.75) is 33.8 Å². The quantitative estimate of drug-likeness (QED) is 0.831. The molecule has 0 unspecified atom stereocenters. The lowest BCUT2D eigenvalue weighted by Gasteiger charge is -2.17. The lowest BCUT2D eigenvalue weighted by Crippen LogP contribution is -2.35. The fraction of sp³-hybridized carbons (Fsp3) is 0.533. The number of rotatable bonds is 5. The second-order valence-electron chi connectivity index (χ2n) is 5.13. The van der Waals surface area contributed by atoms with Crippen molar-refractivity contribution >= 4 is 17.8 Å². The maximum atomic E-state index is 12.2. The molecule has 122 valence electrons. The molecule has 1 heterocycles. The van der Waals surface area contributed by atoms with E-state index in [2.05, 4.69) is 4.98 Å². The van der Waals surface area contributed by atoms with Gasteiger partial charge >= 0.3 is 11.9 Å². The highest BCUT2D eigenvalue weighted by molar-refractivity contribution is 5.99. The Morgan fingerprint density at radius 1 is 1.18 bits per heavy atom. The van der Waals surface area contributed by atoms with Crippen LogP contribution in [-0.2, 0) is 14.3 Å². The molecule has 0 aromatic carbocycles. The number of aromatic amines is 1. The number of hydrogen-bond acceptors (Lipinski definition) is 5. The van der Waals surface area contributed by atoms with E-state index in [1.165, 1.54) is 11.8 Å². The molecule has 0 saturated carbocycles. The summed E-state index contributed by atoms with van der Waals surface area (Å²) in [6.07, 6.45) is -0.906. The van der Waals surface area contributed by atoms with Crippen molar-refractivity contribution in [2.24, 2.45) is 0 Å². The summed E-state index contributed by atoms with van der Waals surface area (Å²) in [7, 11) is 3.16. The molecule has 1 N–H and O–H groups in total. The van der Waals surface area contributed by atoms with E-state index in [4.69, 9.17) is 9.47 Å². The molecular formula is C15H22N2O5. The van der Waals surface area contributed by atoms with Gasteiger partial charge in [0.25, 0.3) is 5.91 Å². The van der Waals surface area contributed by atoms with E-state index < -0.39 is 18.0 Å². The van der Waals surface area contributed by atoms with Crippen LogP contribution in [0.3, 0.4) is 0 Å². The summed E-state index contributed by atoms with van der Waals surface area (Å²) in [6.45, 7) is 6.75. The van der Waals surface area contributed by atoms with Crippen molar-refractivity contribution in [3.63, 3.8) is 0 Å². The molecule has 7 nitrogen and oxygen atoms in total. The van der Waals surface area contributed by atoms with Gasteiger partial charge < -0.3 is 19.4 Å². The van der Waals surface area contributed by atoms with Crippen LogP contribution in [0.4, 0.5) is 0 Å². The SMILES string of the molecule is CCOC(=O)c1c(C)[nH]c(C(=O)O[C@@H](C)C(=O)N(C)C)c1C. The molecule has 7 heteroatoms. The highest BCUT2D eigenvalue weighted by atomic mass is 16.5. The van der Waals surface area contributed by atoms with E-state index in [-0.39, 0.29) is 18.2 Å². The number of aryl methyl sites for hydroxylation is 1. The normalized spacial score (nSPS) is 11.7. The van der Waals surface area contributed by atoms with Gasteiger partial charge in [0.1, 0.15) is 5.69 Å². The zero-order chi connectivity index (χ0) is 17.0. The van der Waals surface area contributed by atoms with Crippen LogP contribution >= 0.6 is 0 Å². The van der Waals surface area contributed by atoms with E-state index in [0.29, 0.717) is 16.8 Å². The first-order chi connectivity index (χ1) is 10.2. The molecule has 1 aromatic heterocycles. The maximum Gasteiger partial charge on any atom is 0.355 e. The first kappa shape index (κ1) is 17.7. The molecule has 1 rings (SSSR count). The van der Waals surface area contributed by atoms with Crippen LogP contribution in [0.2, 0.25) is 0 Å². The van der Waals surface area contributed by atoms with Gasteiger partial charge in [-0.25, -0.2) is 9.59 Å². The molecular weight excluding hydrogens is 288 g/mol. The third-order valence-electron chi connectivity index (χ3n) is 3.19. The van der Waals surface area contributed by atoms with Gasteiger partial charge in [-0.15, -0.1) is 0 Å². The minimum absolute atomic E-state index is 0.152. The number of hydrogen-bond donors (Lipinski definition) is 1.